The second-order valence-electron chi connectivity index (χ2n) is 7.86. The van der Waals surface area contributed by atoms with Gasteiger partial charge in [0.25, 0.3) is 5.91 Å². The fourth-order valence-electron chi connectivity index (χ4n) is 4.18. The Balaban J connectivity index is 1.38. The highest BCUT2D eigenvalue weighted by molar-refractivity contribution is 6.04. The summed E-state index contributed by atoms with van der Waals surface area (Å²) in [7, 11) is 2.10. The number of amides is 1. The van der Waals surface area contributed by atoms with Crippen LogP contribution in [0.2, 0.25) is 0 Å². The summed E-state index contributed by atoms with van der Waals surface area (Å²) in [5.41, 5.74) is 5.45. The van der Waals surface area contributed by atoms with Crippen molar-refractivity contribution in [2.75, 3.05) is 54.9 Å². The molecule has 5 rings (SSSR count). The average molecular weight is 416 g/mol. The molecule has 158 valence electrons. The Kier molecular flexibility index (Phi) is 5.21. The van der Waals surface area contributed by atoms with Crippen molar-refractivity contribution in [2.45, 2.75) is 6.42 Å². The quantitative estimate of drug-likeness (QED) is 0.676. The molecule has 0 bridgehead atoms. The lowest BCUT2D eigenvalue weighted by Crippen LogP contribution is -2.43. The molecule has 31 heavy (non-hydrogen) atoms. The van der Waals surface area contributed by atoms with E-state index < -0.39 is 0 Å². The lowest BCUT2D eigenvalue weighted by atomic mass is 10.1. The molecule has 2 aliphatic heterocycles. The number of pyridine rings is 1. The van der Waals surface area contributed by atoms with Crippen LogP contribution in [0.5, 0.6) is 0 Å². The third-order valence-corrected chi connectivity index (χ3v) is 5.86. The first-order valence-electron chi connectivity index (χ1n) is 10.6. The van der Waals surface area contributed by atoms with Crippen LogP contribution in [0.15, 0.2) is 48.9 Å². The Hall–Kier alpha value is -3.52. The number of hydrogen-bond acceptors (Lipinski definition) is 7. The van der Waals surface area contributed by atoms with Crippen LogP contribution in [0.1, 0.15) is 16.1 Å². The molecule has 0 aliphatic carbocycles. The van der Waals surface area contributed by atoms with Crippen LogP contribution in [-0.2, 0) is 6.42 Å². The molecule has 0 saturated carbocycles. The number of likely N-dealkylation sites (N-methyl/N-ethyl adjacent to an activating group) is 1. The zero-order chi connectivity index (χ0) is 21.2. The molecule has 0 unspecified atom stereocenters. The third kappa shape index (κ3) is 3.94. The number of rotatable bonds is 4. The van der Waals surface area contributed by atoms with E-state index in [0.29, 0.717) is 17.2 Å². The first kappa shape index (κ1) is 19.4. The van der Waals surface area contributed by atoms with Gasteiger partial charge in [-0.25, -0.2) is 9.97 Å². The summed E-state index contributed by atoms with van der Waals surface area (Å²) < 4.78 is 0. The van der Waals surface area contributed by atoms with Crippen LogP contribution >= 0.6 is 0 Å². The first-order chi connectivity index (χ1) is 15.2. The van der Waals surface area contributed by atoms with Gasteiger partial charge in [-0.05, 0) is 42.3 Å². The fourth-order valence-corrected chi connectivity index (χ4v) is 4.18. The van der Waals surface area contributed by atoms with Gasteiger partial charge in [-0.15, -0.1) is 0 Å². The largest absolute Gasteiger partial charge is 0.374 e. The Bertz CT molecular complexity index is 1110. The van der Waals surface area contributed by atoms with E-state index in [-0.39, 0.29) is 5.91 Å². The number of nitrogens with one attached hydrogen (secondary N) is 2. The van der Waals surface area contributed by atoms with Gasteiger partial charge in [0.1, 0.15) is 5.69 Å². The Morgan fingerprint density at radius 1 is 1.06 bits per heavy atom. The second kappa shape index (κ2) is 8.31. The average Bonchev–Trinajstić information content (AvgIpc) is 3.20. The van der Waals surface area contributed by atoms with Crippen molar-refractivity contribution in [1.82, 2.24) is 20.3 Å². The molecule has 2 aliphatic rings. The number of hydrogen-bond donors (Lipinski definition) is 2. The number of nitrogens with zero attached hydrogens (tertiary/aromatic N) is 5. The van der Waals surface area contributed by atoms with Gasteiger partial charge in [0, 0.05) is 63.4 Å². The maximum absolute atomic E-state index is 13.0. The van der Waals surface area contributed by atoms with Crippen LogP contribution in [0.3, 0.4) is 0 Å². The van der Waals surface area contributed by atoms with Crippen molar-refractivity contribution in [2.24, 2.45) is 0 Å². The number of benzene rings is 1. The van der Waals surface area contributed by atoms with E-state index in [1.165, 1.54) is 11.3 Å². The van der Waals surface area contributed by atoms with E-state index in [2.05, 4.69) is 54.6 Å². The molecule has 3 aromatic rings. The molecule has 2 aromatic heterocycles. The van der Waals surface area contributed by atoms with Crippen LogP contribution in [0, 0.1) is 0 Å². The molecule has 4 heterocycles. The molecule has 8 heteroatoms. The minimum Gasteiger partial charge on any atom is -0.374 e. The maximum Gasteiger partial charge on any atom is 0.274 e. The maximum atomic E-state index is 13.0. The predicted molar refractivity (Wildman–Crippen MR) is 122 cm³/mol. The van der Waals surface area contributed by atoms with E-state index >= 15 is 0 Å². The molecule has 2 N–H and O–H groups in total. The monoisotopic (exact) mass is 415 g/mol. The van der Waals surface area contributed by atoms with Crippen LogP contribution in [0.25, 0.3) is 11.4 Å². The number of carbonyl (C=O) groups is 1. The van der Waals surface area contributed by atoms with Crippen molar-refractivity contribution in [1.29, 1.82) is 0 Å². The summed E-state index contributed by atoms with van der Waals surface area (Å²) in [4.78, 5) is 30.6. The summed E-state index contributed by atoms with van der Waals surface area (Å²) in [5, 5.41) is 6.34. The summed E-state index contributed by atoms with van der Waals surface area (Å²) in [5.74, 6) is 0.285. The molecule has 0 radical (unpaired) electrons. The van der Waals surface area contributed by atoms with E-state index in [9.17, 15) is 4.79 Å². The third-order valence-electron chi connectivity index (χ3n) is 5.86. The molecule has 8 nitrogen and oxygen atoms in total. The van der Waals surface area contributed by atoms with Gasteiger partial charge in [0.05, 0.1) is 17.6 Å². The van der Waals surface area contributed by atoms with Gasteiger partial charge in [0.2, 0.25) is 0 Å². The normalized spacial score (nSPS) is 15.6. The van der Waals surface area contributed by atoms with Gasteiger partial charge in [-0.2, -0.15) is 0 Å². The highest BCUT2D eigenvalue weighted by Gasteiger charge is 2.19. The Morgan fingerprint density at radius 3 is 2.81 bits per heavy atom. The van der Waals surface area contributed by atoms with E-state index in [0.717, 1.165) is 50.4 Å². The number of carbonyl (C=O) groups excluding carboxylic acids is 1. The minimum atomic E-state index is -0.270. The predicted octanol–water partition coefficient (Wildman–Crippen LogP) is 2.19. The smallest absolute Gasteiger partial charge is 0.274 e. The molecule has 0 atom stereocenters. The summed E-state index contributed by atoms with van der Waals surface area (Å²) in [6.45, 7) is 4.63. The first-order valence-corrected chi connectivity index (χ1v) is 10.6. The molecule has 1 fully saturated rings. The molecule has 1 amide bonds. The van der Waals surface area contributed by atoms with Crippen LogP contribution in [0.4, 0.5) is 17.1 Å². The van der Waals surface area contributed by atoms with Crippen molar-refractivity contribution in [3.8, 4) is 11.4 Å². The SMILES string of the molecule is CN1CCc2cc(-c3nccc(C(=O)Nc4cnccc4N4CCNCC4)n3)ccc21. The van der Waals surface area contributed by atoms with E-state index in [4.69, 9.17) is 0 Å². The van der Waals surface area contributed by atoms with Crippen LogP contribution < -0.4 is 20.4 Å². The number of anilines is 3. The van der Waals surface area contributed by atoms with Gasteiger partial charge >= 0.3 is 0 Å². The lowest BCUT2D eigenvalue weighted by Gasteiger charge is -2.30. The van der Waals surface area contributed by atoms with E-state index in [1.807, 2.05) is 12.1 Å². The zero-order valence-electron chi connectivity index (χ0n) is 17.5. The lowest BCUT2D eigenvalue weighted by molar-refractivity contribution is 0.102. The Labute approximate surface area is 181 Å². The number of fused-ring (bicyclic) bond motifs is 1. The van der Waals surface area contributed by atoms with Gasteiger partial charge in [-0.3, -0.25) is 9.78 Å². The van der Waals surface area contributed by atoms with Gasteiger partial charge in [0.15, 0.2) is 5.82 Å². The second-order valence-corrected chi connectivity index (χ2v) is 7.86. The van der Waals surface area contributed by atoms with Crippen molar-refractivity contribution in [3.05, 3.63) is 60.2 Å². The van der Waals surface area contributed by atoms with Gasteiger partial charge in [-0.1, -0.05) is 0 Å². The minimum absolute atomic E-state index is 0.270. The van der Waals surface area contributed by atoms with Crippen molar-refractivity contribution >= 4 is 23.0 Å². The highest BCUT2D eigenvalue weighted by atomic mass is 16.1. The summed E-state index contributed by atoms with van der Waals surface area (Å²) in [6, 6.07) is 9.82. The highest BCUT2D eigenvalue weighted by Crippen LogP contribution is 2.30. The topological polar surface area (TPSA) is 86.3 Å². The summed E-state index contributed by atoms with van der Waals surface area (Å²) >= 11 is 0. The molecule has 1 saturated heterocycles. The zero-order valence-corrected chi connectivity index (χ0v) is 17.5. The molecule has 0 spiro atoms. The van der Waals surface area contributed by atoms with Crippen molar-refractivity contribution < 1.29 is 4.79 Å². The van der Waals surface area contributed by atoms with Gasteiger partial charge < -0.3 is 20.4 Å². The molecular formula is C23H25N7O. The molecule has 1 aromatic carbocycles. The van der Waals surface area contributed by atoms with E-state index in [1.54, 1.807) is 24.7 Å². The standard InChI is InChI=1S/C23H25N7O/c1-29-11-6-16-14-17(2-3-20(16)29)22-26-8-4-18(27-22)23(31)28-19-15-25-7-5-21(19)30-12-9-24-10-13-30/h2-5,7-8,14-15,24H,6,9-13H2,1H3,(H,28,31). The van der Waals surface area contributed by atoms with Crippen LogP contribution in [-0.4, -0.2) is 60.6 Å². The summed E-state index contributed by atoms with van der Waals surface area (Å²) in [6.07, 6.45) is 6.09. The molecular weight excluding hydrogens is 390 g/mol. The Morgan fingerprint density at radius 2 is 1.94 bits per heavy atom. The fraction of sp³-hybridized carbons (Fsp3) is 0.304. The number of piperazine rings is 1. The van der Waals surface area contributed by atoms with Crippen molar-refractivity contribution in [3.63, 3.8) is 0 Å². The number of aromatic nitrogens is 3.